The lowest BCUT2D eigenvalue weighted by atomic mass is 9.97. The normalized spacial score (nSPS) is 18.6. The van der Waals surface area contributed by atoms with Gasteiger partial charge in [0.1, 0.15) is 12.0 Å². The van der Waals surface area contributed by atoms with Gasteiger partial charge in [-0.15, -0.1) is 0 Å². The number of hydrogen-bond acceptors (Lipinski definition) is 6. The van der Waals surface area contributed by atoms with Crippen LogP contribution >= 0.6 is 11.6 Å². The minimum atomic E-state index is -3.16. The van der Waals surface area contributed by atoms with Gasteiger partial charge in [0.25, 0.3) is 5.91 Å². The third kappa shape index (κ3) is 6.43. The molecule has 2 saturated heterocycles. The van der Waals surface area contributed by atoms with Crippen molar-refractivity contribution in [3.05, 3.63) is 58.1 Å². The van der Waals surface area contributed by atoms with Crippen molar-refractivity contribution < 1.29 is 13.2 Å². The number of rotatable bonds is 7. The van der Waals surface area contributed by atoms with Crippen molar-refractivity contribution in [2.24, 2.45) is 0 Å². The number of carbonyl (C=O) groups is 1. The summed E-state index contributed by atoms with van der Waals surface area (Å²) in [5.74, 6) is -0.0189. The molecule has 4 rings (SSSR count). The molecule has 10 heteroatoms. The molecule has 3 heterocycles. The molecular formula is C26H36ClN5O3S. The molecule has 0 bridgehead atoms. The number of likely N-dealkylation sites (tertiary alicyclic amines) is 2. The number of benzene rings is 1. The molecule has 0 atom stereocenters. The summed E-state index contributed by atoms with van der Waals surface area (Å²) in [5, 5.41) is 0.720. The van der Waals surface area contributed by atoms with Gasteiger partial charge in [0.05, 0.1) is 6.26 Å². The molecule has 2 fully saturated rings. The van der Waals surface area contributed by atoms with Crippen LogP contribution < -0.4 is 0 Å². The Labute approximate surface area is 219 Å². The first-order valence-corrected chi connectivity index (χ1v) is 14.9. The number of carbonyl (C=O) groups excluding carboxylic acids is 1. The third-order valence-electron chi connectivity index (χ3n) is 7.76. The monoisotopic (exact) mass is 533 g/mol. The Balaban J connectivity index is 1.30. The highest BCUT2D eigenvalue weighted by atomic mass is 35.5. The molecule has 8 nitrogen and oxygen atoms in total. The molecule has 1 aromatic heterocycles. The Morgan fingerprint density at radius 2 is 1.67 bits per heavy atom. The lowest BCUT2D eigenvalue weighted by molar-refractivity contribution is 0.0542. The Morgan fingerprint density at radius 1 is 1.03 bits per heavy atom. The van der Waals surface area contributed by atoms with E-state index in [1.807, 2.05) is 36.1 Å². The zero-order valence-corrected chi connectivity index (χ0v) is 22.9. The highest BCUT2D eigenvalue weighted by molar-refractivity contribution is 7.88. The van der Waals surface area contributed by atoms with E-state index in [2.05, 4.69) is 14.9 Å². The predicted octanol–water partition coefficient (Wildman–Crippen LogP) is 3.18. The molecule has 2 aromatic rings. The van der Waals surface area contributed by atoms with E-state index in [0.29, 0.717) is 24.8 Å². The largest absolute Gasteiger partial charge is 0.337 e. The maximum absolute atomic E-state index is 13.3. The van der Waals surface area contributed by atoms with Crippen molar-refractivity contribution in [2.75, 3.05) is 39.5 Å². The maximum Gasteiger partial charge on any atom is 0.272 e. The average Bonchev–Trinajstić information content (AvgIpc) is 2.88. The lowest BCUT2D eigenvalue weighted by Crippen LogP contribution is -2.52. The van der Waals surface area contributed by atoms with Crippen LogP contribution in [-0.2, 0) is 22.9 Å². The van der Waals surface area contributed by atoms with E-state index < -0.39 is 10.0 Å². The summed E-state index contributed by atoms with van der Waals surface area (Å²) in [7, 11) is -1.48. The van der Waals surface area contributed by atoms with Crippen LogP contribution in [0.5, 0.6) is 0 Å². The van der Waals surface area contributed by atoms with E-state index in [0.717, 1.165) is 67.9 Å². The molecule has 1 aromatic carbocycles. The smallest absolute Gasteiger partial charge is 0.272 e. The first kappa shape index (κ1) is 27.0. The number of aromatic nitrogens is 2. The summed E-state index contributed by atoms with van der Waals surface area (Å²) in [6.07, 6.45) is 7.88. The van der Waals surface area contributed by atoms with Crippen LogP contribution in [0.4, 0.5) is 0 Å². The number of nitrogens with zero attached hydrogens (tertiary/aromatic N) is 5. The topological polar surface area (TPSA) is 86.7 Å². The molecule has 196 valence electrons. The Kier molecular flexibility index (Phi) is 8.65. The number of hydrogen-bond donors (Lipinski definition) is 0. The molecule has 0 spiro atoms. The molecule has 2 aliphatic heterocycles. The van der Waals surface area contributed by atoms with Crippen LogP contribution in [0.15, 0.2) is 30.6 Å². The van der Waals surface area contributed by atoms with Crippen LogP contribution in [-0.4, -0.2) is 90.0 Å². The van der Waals surface area contributed by atoms with Gasteiger partial charge in [0.15, 0.2) is 0 Å². The van der Waals surface area contributed by atoms with Gasteiger partial charge in [-0.3, -0.25) is 4.79 Å². The number of halogens is 1. The molecule has 1 amide bonds. The van der Waals surface area contributed by atoms with Gasteiger partial charge in [-0.1, -0.05) is 23.7 Å². The highest BCUT2D eigenvalue weighted by Crippen LogP contribution is 2.25. The van der Waals surface area contributed by atoms with Crippen LogP contribution in [0.2, 0.25) is 5.02 Å². The van der Waals surface area contributed by atoms with Crippen molar-refractivity contribution in [2.45, 2.75) is 57.5 Å². The van der Waals surface area contributed by atoms with Gasteiger partial charge in [0.2, 0.25) is 10.0 Å². The third-order valence-corrected chi connectivity index (χ3v) is 9.36. The van der Waals surface area contributed by atoms with Gasteiger partial charge in [-0.05, 0) is 76.2 Å². The second-order valence-electron chi connectivity index (χ2n) is 9.99. The zero-order valence-electron chi connectivity index (χ0n) is 21.4. The van der Waals surface area contributed by atoms with Crippen LogP contribution in [0, 0.1) is 6.92 Å². The molecule has 0 unspecified atom stereocenters. The van der Waals surface area contributed by atoms with E-state index in [4.69, 9.17) is 11.6 Å². The van der Waals surface area contributed by atoms with E-state index in [9.17, 15) is 13.2 Å². The second-order valence-corrected chi connectivity index (χ2v) is 12.5. The van der Waals surface area contributed by atoms with Crippen molar-refractivity contribution in [1.29, 1.82) is 0 Å². The minimum Gasteiger partial charge on any atom is -0.337 e. The Morgan fingerprint density at radius 3 is 2.28 bits per heavy atom. The van der Waals surface area contributed by atoms with Gasteiger partial charge >= 0.3 is 0 Å². The highest BCUT2D eigenvalue weighted by Gasteiger charge is 2.33. The molecular weight excluding hydrogens is 498 g/mol. The number of piperidine rings is 2. The molecule has 0 saturated carbocycles. The lowest BCUT2D eigenvalue weighted by Gasteiger charge is -2.43. The summed E-state index contributed by atoms with van der Waals surface area (Å²) >= 11 is 5.98. The number of amides is 1. The van der Waals surface area contributed by atoms with Gasteiger partial charge in [-0.2, -0.15) is 0 Å². The summed E-state index contributed by atoms with van der Waals surface area (Å²) in [6, 6.07) is 8.31. The molecule has 2 aliphatic rings. The maximum atomic E-state index is 13.3. The second kappa shape index (κ2) is 11.5. The van der Waals surface area contributed by atoms with E-state index in [1.165, 1.54) is 22.5 Å². The van der Waals surface area contributed by atoms with Crippen LogP contribution in [0.25, 0.3) is 0 Å². The molecule has 0 aliphatic carbocycles. The van der Waals surface area contributed by atoms with Crippen molar-refractivity contribution in [3.8, 4) is 0 Å². The van der Waals surface area contributed by atoms with E-state index in [1.54, 1.807) is 7.05 Å². The minimum absolute atomic E-state index is 0.0189. The summed E-state index contributed by atoms with van der Waals surface area (Å²) in [4.78, 5) is 26.5. The predicted molar refractivity (Wildman–Crippen MR) is 142 cm³/mol. The Hall–Kier alpha value is -2.07. The molecule has 0 radical (unpaired) electrons. The van der Waals surface area contributed by atoms with E-state index >= 15 is 0 Å². The molecule has 36 heavy (non-hydrogen) atoms. The standard InChI is InChI=1S/C26H36ClN5O3S/c1-19-24(9-6-20-4-7-21(27)8-5-20)28-18-29-25(19)26(33)32-16-12-23(13-17-32)31-14-10-22(11-15-31)30(2)36(3,34)35/h4-5,7-8,18,22-23H,6,9-17H2,1-3H3. The van der Waals surface area contributed by atoms with Crippen molar-refractivity contribution in [3.63, 3.8) is 0 Å². The molecule has 0 N–H and O–H groups in total. The first-order chi connectivity index (χ1) is 17.1. The summed E-state index contributed by atoms with van der Waals surface area (Å²) in [6.45, 7) is 5.14. The zero-order chi connectivity index (χ0) is 25.9. The fraction of sp³-hybridized carbons (Fsp3) is 0.577. The summed E-state index contributed by atoms with van der Waals surface area (Å²) in [5.41, 5.74) is 3.44. The van der Waals surface area contributed by atoms with E-state index in [-0.39, 0.29) is 11.9 Å². The van der Waals surface area contributed by atoms with Gasteiger partial charge in [0, 0.05) is 48.5 Å². The van der Waals surface area contributed by atoms with Crippen molar-refractivity contribution in [1.82, 2.24) is 24.1 Å². The first-order valence-electron chi connectivity index (χ1n) is 12.6. The van der Waals surface area contributed by atoms with Crippen LogP contribution in [0.3, 0.4) is 0 Å². The quantitative estimate of drug-likeness (QED) is 0.543. The van der Waals surface area contributed by atoms with Gasteiger partial charge in [-0.25, -0.2) is 22.7 Å². The fourth-order valence-electron chi connectivity index (χ4n) is 5.34. The summed E-state index contributed by atoms with van der Waals surface area (Å²) < 4.78 is 25.2. The number of sulfonamides is 1. The Bertz CT molecular complexity index is 1160. The van der Waals surface area contributed by atoms with Crippen molar-refractivity contribution >= 4 is 27.5 Å². The number of aryl methyl sites for hydroxylation is 2. The SMILES string of the molecule is Cc1c(CCc2ccc(Cl)cc2)ncnc1C(=O)N1CCC(N2CCC(N(C)S(C)(=O)=O)CC2)CC1. The van der Waals surface area contributed by atoms with Gasteiger partial charge < -0.3 is 9.80 Å². The van der Waals surface area contributed by atoms with Crippen LogP contribution in [0.1, 0.15) is 53.0 Å². The average molecular weight is 534 g/mol. The fourth-order valence-corrected chi connectivity index (χ4v) is 6.22.